The predicted octanol–water partition coefficient (Wildman–Crippen LogP) is 2.88. The molecule has 0 spiro atoms. The maximum absolute atomic E-state index is 11.7. The Labute approximate surface area is 77.0 Å². The van der Waals surface area contributed by atoms with Crippen LogP contribution in [0.5, 0.6) is 0 Å². The molecular weight excluding hydrogens is 179 g/mol. The topological polar surface area (TPSA) is 12.0 Å². The van der Waals surface area contributed by atoms with Crippen LogP contribution in [-0.4, -0.2) is 19.3 Å². The molecule has 1 N–H and O–H groups in total. The summed E-state index contributed by atoms with van der Waals surface area (Å²) < 4.78 is 35.0. The van der Waals surface area contributed by atoms with Crippen molar-refractivity contribution in [2.45, 2.75) is 32.4 Å². The molecule has 0 atom stereocenters. The number of alkyl halides is 3. The minimum atomic E-state index is -4.01. The fraction of sp³-hybridized carbons (Fsp3) is 0.778. The van der Waals surface area contributed by atoms with Crippen molar-refractivity contribution in [2.75, 3.05) is 13.1 Å². The number of nitrogens with one attached hydrogen (secondary N) is 1. The zero-order valence-corrected chi connectivity index (χ0v) is 7.88. The Balaban J connectivity index is 3.13. The predicted molar refractivity (Wildman–Crippen MR) is 47.6 cm³/mol. The van der Waals surface area contributed by atoms with Crippen molar-refractivity contribution in [3.63, 3.8) is 0 Å². The molecule has 0 aromatic rings. The lowest BCUT2D eigenvalue weighted by atomic mass is 10.2. The highest BCUT2D eigenvalue weighted by atomic mass is 19.4. The smallest absolute Gasteiger partial charge is 0.313 e. The van der Waals surface area contributed by atoms with E-state index < -0.39 is 12.6 Å². The quantitative estimate of drug-likeness (QED) is 0.507. The van der Waals surface area contributed by atoms with Gasteiger partial charge in [-0.05, 0) is 26.3 Å². The average molecular weight is 195 g/mol. The molecule has 0 fully saturated rings. The van der Waals surface area contributed by atoms with Gasteiger partial charge in [0.1, 0.15) is 0 Å². The second kappa shape index (κ2) is 6.02. The van der Waals surface area contributed by atoms with E-state index in [1.54, 1.807) is 0 Å². The summed E-state index contributed by atoms with van der Waals surface area (Å²) in [6.45, 7) is 6.86. The summed E-state index contributed by atoms with van der Waals surface area (Å²) in [4.78, 5) is 0. The van der Waals surface area contributed by atoms with Gasteiger partial charge in [-0.25, -0.2) is 0 Å². The van der Waals surface area contributed by atoms with Gasteiger partial charge in [-0.15, -0.1) is 0 Å². The lowest BCUT2D eigenvalue weighted by Crippen LogP contribution is -2.17. The van der Waals surface area contributed by atoms with Crippen molar-refractivity contribution in [1.82, 2.24) is 5.32 Å². The van der Waals surface area contributed by atoms with Gasteiger partial charge in [0.2, 0.25) is 0 Å². The van der Waals surface area contributed by atoms with Crippen LogP contribution in [0.15, 0.2) is 12.2 Å². The highest BCUT2D eigenvalue weighted by molar-refractivity contribution is 4.90. The first-order valence-corrected chi connectivity index (χ1v) is 4.33. The van der Waals surface area contributed by atoms with E-state index in [9.17, 15) is 13.2 Å². The van der Waals surface area contributed by atoms with Crippen molar-refractivity contribution >= 4 is 0 Å². The van der Waals surface area contributed by atoms with Gasteiger partial charge in [0.25, 0.3) is 0 Å². The summed E-state index contributed by atoms with van der Waals surface area (Å²) in [6.07, 6.45) is -3.92. The van der Waals surface area contributed by atoms with Crippen LogP contribution in [0.3, 0.4) is 0 Å². The van der Waals surface area contributed by atoms with E-state index in [1.165, 1.54) is 0 Å². The molecule has 0 saturated carbocycles. The standard InChI is InChI=1S/C9H16F3N/c1-8(2)7-13-6-4-3-5-9(10,11)12/h13H,1,3-7H2,2H3. The van der Waals surface area contributed by atoms with Crippen LogP contribution in [0.4, 0.5) is 13.2 Å². The third-order valence-electron chi connectivity index (χ3n) is 1.49. The van der Waals surface area contributed by atoms with Gasteiger partial charge in [-0.1, -0.05) is 12.2 Å². The largest absolute Gasteiger partial charge is 0.389 e. The molecule has 0 bridgehead atoms. The zero-order valence-electron chi connectivity index (χ0n) is 7.88. The van der Waals surface area contributed by atoms with Crippen molar-refractivity contribution < 1.29 is 13.2 Å². The molecule has 78 valence electrons. The van der Waals surface area contributed by atoms with Crippen molar-refractivity contribution in [3.8, 4) is 0 Å². The highest BCUT2D eigenvalue weighted by Gasteiger charge is 2.25. The summed E-state index contributed by atoms with van der Waals surface area (Å²) in [5, 5.41) is 3.00. The Morgan fingerprint density at radius 3 is 2.38 bits per heavy atom. The molecule has 0 rings (SSSR count). The molecule has 0 aromatic heterocycles. The first-order chi connectivity index (χ1) is 5.92. The molecular formula is C9H16F3N. The lowest BCUT2D eigenvalue weighted by molar-refractivity contribution is -0.135. The van der Waals surface area contributed by atoms with E-state index in [1.807, 2.05) is 6.92 Å². The molecule has 0 saturated heterocycles. The number of rotatable bonds is 6. The molecule has 4 heteroatoms. The van der Waals surface area contributed by atoms with Crippen LogP contribution in [0.2, 0.25) is 0 Å². The molecule has 0 aromatic carbocycles. The Hall–Kier alpha value is -0.510. The SMILES string of the molecule is C=C(C)CNCCCCC(F)(F)F. The van der Waals surface area contributed by atoms with Gasteiger partial charge < -0.3 is 5.32 Å². The Bertz CT molecular complexity index is 151. The minimum Gasteiger partial charge on any atom is -0.313 e. The lowest BCUT2D eigenvalue weighted by Gasteiger charge is -2.06. The van der Waals surface area contributed by atoms with E-state index in [0.717, 1.165) is 5.57 Å². The maximum Gasteiger partial charge on any atom is 0.389 e. The van der Waals surface area contributed by atoms with E-state index in [-0.39, 0.29) is 6.42 Å². The van der Waals surface area contributed by atoms with Gasteiger partial charge in [0, 0.05) is 13.0 Å². The second-order valence-corrected chi connectivity index (χ2v) is 3.21. The number of hydrogen-bond acceptors (Lipinski definition) is 1. The van der Waals surface area contributed by atoms with E-state index in [4.69, 9.17) is 0 Å². The minimum absolute atomic E-state index is 0.201. The molecule has 0 aliphatic heterocycles. The summed E-state index contributed by atoms with van der Waals surface area (Å²) in [6, 6.07) is 0. The molecule has 0 radical (unpaired) electrons. The van der Waals surface area contributed by atoms with Crippen LogP contribution in [0.25, 0.3) is 0 Å². The monoisotopic (exact) mass is 195 g/mol. The summed E-state index contributed by atoms with van der Waals surface area (Å²) >= 11 is 0. The third-order valence-corrected chi connectivity index (χ3v) is 1.49. The number of halogens is 3. The van der Waals surface area contributed by atoms with Gasteiger partial charge in [0.05, 0.1) is 0 Å². The van der Waals surface area contributed by atoms with Gasteiger partial charge in [0.15, 0.2) is 0 Å². The van der Waals surface area contributed by atoms with E-state index in [0.29, 0.717) is 19.5 Å². The van der Waals surface area contributed by atoms with Crippen LogP contribution < -0.4 is 5.32 Å². The van der Waals surface area contributed by atoms with Crippen LogP contribution >= 0.6 is 0 Å². The highest BCUT2D eigenvalue weighted by Crippen LogP contribution is 2.21. The van der Waals surface area contributed by atoms with Gasteiger partial charge >= 0.3 is 6.18 Å². The molecule has 0 heterocycles. The molecule has 0 aliphatic carbocycles. The van der Waals surface area contributed by atoms with Crippen molar-refractivity contribution in [3.05, 3.63) is 12.2 Å². The maximum atomic E-state index is 11.7. The van der Waals surface area contributed by atoms with Crippen LogP contribution in [0.1, 0.15) is 26.2 Å². The van der Waals surface area contributed by atoms with Crippen molar-refractivity contribution in [1.29, 1.82) is 0 Å². The van der Waals surface area contributed by atoms with E-state index >= 15 is 0 Å². The Kier molecular flexibility index (Phi) is 5.79. The van der Waals surface area contributed by atoms with Crippen LogP contribution in [0, 0.1) is 0 Å². The van der Waals surface area contributed by atoms with E-state index in [2.05, 4.69) is 11.9 Å². The molecule has 0 aliphatic rings. The molecule has 1 nitrogen and oxygen atoms in total. The Morgan fingerprint density at radius 2 is 1.92 bits per heavy atom. The number of unbranched alkanes of at least 4 members (excludes halogenated alkanes) is 1. The third kappa shape index (κ3) is 11.5. The first-order valence-electron chi connectivity index (χ1n) is 4.33. The molecule has 0 amide bonds. The summed E-state index contributed by atoms with van der Waals surface area (Å²) in [5.74, 6) is 0. The Morgan fingerprint density at radius 1 is 1.31 bits per heavy atom. The zero-order chi connectivity index (χ0) is 10.3. The average Bonchev–Trinajstić information content (AvgIpc) is 1.93. The fourth-order valence-corrected chi connectivity index (χ4v) is 0.877. The normalized spacial score (nSPS) is 11.7. The second-order valence-electron chi connectivity index (χ2n) is 3.21. The fourth-order valence-electron chi connectivity index (χ4n) is 0.877. The van der Waals surface area contributed by atoms with Crippen molar-refractivity contribution in [2.24, 2.45) is 0 Å². The van der Waals surface area contributed by atoms with Gasteiger partial charge in [-0.3, -0.25) is 0 Å². The number of hydrogen-bond donors (Lipinski definition) is 1. The summed E-state index contributed by atoms with van der Waals surface area (Å²) in [7, 11) is 0. The molecule has 13 heavy (non-hydrogen) atoms. The first kappa shape index (κ1) is 12.5. The summed E-state index contributed by atoms with van der Waals surface area (Å²) in [5.41, 5.74) is 0.996. The van der Waals surface area contributed by atoms with Crippen LogP contribution in [-0.2, 0) is 0 Å². The van der Waals surface area contributed by atoms with Gasteiger partial charge in [-0.2, -0.15) is 13.2 Å². The molecule has 0 unspecified atom stereocenters.